The Morgan fingerprint density at radius 3 is 2.76 bits per heavy atom. The highest BCUT2D eigenvalue weighted by Gasteiger charge is 2.17. The van der Waals surface area contributed by atoms with Crippen LogP contribution in [0.4, 0.5) is 5.82 Å². The summed E-state index contributed by atoms with van der Waals surface area (Å²) in [6.45, 7) is 3.89. The third-order valence-corrected chi connectivity index (χ3v) is 3.96. The Kier molecular flexibility index (Phi) is 4.89. The van der Waals surface area contributed by atoms with E-state index in [0.29, 0.717) is 5.82 Å². The third-order valence-electron chi connectivity index (χ3n) is 2.38. The monoisotopic (exact) mass is 257 g/mol. The molecule has 1 aromatic rings. The van der Waals surface area contributed by atoms with E-state index in [1.165, 1.54) is 18.3 Å². The van der Waals surface area contributed by atoms with Gasteiger partial charge in [-0.05, 0) is 19.4 Å². The molecule has 0 spiro atoms. The van der Waals surface area contributed by atoms with Crippen LogP contribution in [0.15, 0.2) is 23.2 Å². The van der Waals surface area contributed by atoms with Crippen molar-refractivity contribution in [2.24, 2.45) is 0 Å². The maximum Gasteiger partial charge on any atom is 0.240 e. The van der Waals surface area contributed by atoms with E-state index in [0.717, 1.165) is 12.8 Å². The van der Waals surface area contributed by atoms with E-state index in [9.17, 15) is 8.42 Å². The van der Waals surface area contributed by atoms with Crippen molar-refractivity contribution < 1.29 is 8.42 Å². The van der Waals surface area contributed by atoms with Crippen LogP contribution in [0.3, 0.4) is 0 Å². The number of rotatable bonds is 6. The highest BCUT2D eigenvalue weighted by molar-refractivity contribution is 7.89. The lowest BCUT2D eigenvalue weighted by Gasteiger charge is -2.13. The highest BCUT2D eigenvalue weighted by Crippen LogP contribution is 2.13. The van der Waals surface area contributed by atoms with Crippen molar-refractivity contribution in [3.63, 3.8) is 0 Å². The molecule has 1 rings (SSSR count). The molecule has 0 amide bonds. The van der Waals surface area contributed by atoms with Crippen LogP contribution in [0.25, 0.3) is 0 Å². The predicted octanol–water partition coefficient (Wildman–Crippen LogP) is 1.59. The lowest BCUT2D eigenvalue weighted by Crippen LogP contribution is -2.32. The Morgan fingerprint density at radius 2 is 2.18 bits per heavy atom. The van der Waals surface area contributed by atoms with Gasteiger partial charge >= 0.3 is 0 Å². The van der Waals surface area contributed by atoms with Gasteiger partial charge in [0, 0.05) is 25.4 Å². The van der Waals surface area contributed by atoms with Crippen molar-refractivity contribution in [3.05, 3.63) is 18.3 Å². The zero-order valence-electron chi connectivity index (χ0n) is 10.4. The molecular weight excluding hydrogens is 238 g/mol. The van der Waals surface area contributed by atoms with Gasteiger partial charge in [-0.2, -0.15) is 0 Å². The van der Waals surface area contributed by atoms with Gasteiger partial charge in [0.25, 0.3) is 0 Å². The molecule has 1 unspecified atom stereocenters. The van der Waals surface area contributed by atoms with E-state index in [-0.39, 0.29) is 10.9 Å². The van der Waals surface area contributed by atoms with Gasteiger partial charge < -0.3 is 5.32 Å². The fraction of sp³-hybridized carbons (Fsp3) is 0.545. The predicted molar refractivity (Wildman–Crippen MR) is 68.5 cm³/mol. The van der Waals surface area contributed by atoms with Gasteiger partial charge in [0.2, 0.25) is 10.0 Å². The van der Waals surface area contributed by atoms with Crippen LogP contribution in [-0.2, 0) is 10.0 Å². The molecule has 96 valence electrons. The Labute approximate surface area is 103 Å². The molecule has 0 bridgehead atoms. The van der Waals surface area contributed by atoms with Gasteiger partial charge in [-0.3, -0.25) is 0 Å². The molecule has 1 aromatic heterocycles. The number of sulfonamides is 1. The minimum atomic E-state index is -3.44. The normalized spacial score (nSPS) is 13.4. The number of nitrogens with zero attached hydrogens (tertiary/aromatic N) is 1. The number of hydrogen-bond acceptors (Lipinski definition) is 4. The maximum atomic E-state index is 12.0. The van der Waals surface area contributed by atoms with Crippen LogP contribution >= 0.6 is 0 Å². The smallest absolute Gasteiger partial charge is 0.240 e. The molecule has 0 fully saturated rings. The fourth-order valence-electron chi connectivity index (χ4n) is 1.54. The first kappa shape index (κ1) is 13.9. The van der Waals surface area contributed by atoms with Crippen molar-refractivity contribution in [2.45, 2.75) is 37.6 Å². The molecular formula is C11H19N3O2S. The first-order valence-electron chi connectivity index (χ1n) is 5.65. The summed E-state index contributed by atoms with van der Waals surface area (Å²) in [7, 11) is -1.74. The maximum absolute atomic E-state index is 12.0. The third kappa shape index (κ3) is 3.98. The fourth-order valence-corrected chi connectivity index (χ4v) is 2.83. The summed E-state index contributed by atoms with van der Waals surface area (Å²) in [5.41, 5.74) is 0. The molecule has 0 saturated heterocycles. The molecule has 0 aromatic carbocycles. The SMILES string of the molecule is CCCC(C)NS(=O)(=O)c1ccnc(NC)c1. The Balaban J connectivity index is 2.89. The molecule has 6 heteroatoms. The highest BCUT2D eigenvalue weighted by atomic mass is 32.2. The van der Waals surface area contributed by atoms with Crippen LogP contribution in [-0.4, -0.2) is 26.5 Å². The summed E-state index contributed by atoms with van der Waals surface area (Å²) in [4.78, 5) is 4.22. The number of anilines is 1. The Bertz CT molecular complexity index is 460. The van der Waals surface area contributed by atoms with Gasteiger partial charge in [0.1, 0.15) is 5.82 Å². The number of aromatic nitrogens is 1. The van der Waals surface area contributed by atoms with Crippen molar-refractivity contribution in [3.8, 4) is 0 Å². The summed E-state index contributed by atoms with van der Waals surface area (Å²) in [5.74, 6) is 0.538. The lowest BCUT2D eigenvalue weighted by atomic mass is 10.2. The zero-order valence-corrected chi connectivity index (χ0v) is 11.2. The number of pyridine rings is 1. The average molecular weight is 257 g/mol. The number of nitrogens with one attached hydrogen (secondary N) is 2. The van der Waals surface area contributed by atoms with E-state index in [1.807, 2.05) is 13.8 Å². The average Bonchev–Trinajstić information content (AvgIpc) is 2.28. The first-order chi connectivity index (χ1) is 7.99. The molecule has 17 heavy (non-hydrogen) atoms. The Hall–Kier alpha value is -1.14. The second-order valence-electron chi connectivity index (χ2n) is 3.94. The zero-order chi connectivity index (χ0) is 12.9. The van der Waals surface area contributed by atoms with Crippen LogP contribution in [0.5, 0.6) is 0 Å². The minimum Gasteiger partial charge on any atom is -0.373 e. The van der Waals surface area contributed by atoms with Gasteiger partial charge in [0.15, 0.2) is 0 Å². The van der Waals surface area contributed by atoms with Crippen LogP contribution in [0, 0.1) is 0 Å². The molecule has 2 N–H and O–H groups in total. The molecule has 1 atom stereocenters. The van der Waals surface area contributed by atoms with Crippen molar-refractivity contribution in [2.75, 3.05) is 12.4 Å². The quantitative estimate of drug-likeness (QED) is 0.812. The van der Waals surface area contributed by atoms with Crippen LogP contribution < -0.4 is 10.0 Å². The molecule has 0 aliphatic rings. The Morgan fingerprint density at radius 1 is 1.47 bits per heavy atom. The largest absolute Gasteiger partial charge is 0.373 e. The van der Waals surface area contributed by atoms with E-state index < -0.39 is 10.0 Å². The molecule has 0 aliphatic carbocycles. The second kappa shape index (κ2) is 5.97. The summed E-state index contributed by atoms with van der Waals surface area (Å²) < 4.78 is 26.7. The molecule has 0 aliphatic heterocycles. The van der Waals surface area contributed by atoms with E-state index in [4.69, 9.17) is 0 Å². The van der Waals surface area contributed by atoms with Crippen molar-refractivity contribution >= 4 is 15.8 Å². The van der Waals surface area contributed by atoms with Gasteiger partial charge in [-0.25, -0.2) is 18.1 Å². The summed E-state index contributed by atoms with van der Waals surface area (Å²) in [6.07, 6.45) is 3.25. The van der Waals surface area contributed by atoms with Crippen molar-refractivity contribution in [1.29, 1.82) is 0 Å². The topological polar surface area (TPSA) is 71.1 Å². The van der Waals surface area contributed by atoms with Gasteiger partial charge in [-0.15, -0.1) is 0 Å². The van der Waals surface area contributed by atoms with Gasteiger partial charge in [0.05, 0.1) is 4.90 Å². The van der Waals surface area contributed by atoms with Crippen LogP contribution in [0.1, 0.15) is 26.7 Å². The first-order valence-corrected chi connectivity index (χ1v) is 7.14. The molecule has 0 radical (unpaired) electrons. The standard InChI is InChI=1S/C11H19N3O2S/c1-4-5-9(2)14-17(15,16)10-6-7-13-11(8-10)12-3/h6-9,14H,4-5H2,1-3H3,(H,12,13). The molecule has 1 heterocycles. The summed E-state index contributed by atoms with van der Waals surface area (Å²) >= 11 is 0. The lowest BCUT2D eigenvalue weighted by molar-refractivity contribution is 0.544. The molecule has 5 nitrogen and oxygen atoms in total. The number of hydrogen-bond donors (Lipinski definition) is 2. The van der Waals surface area contributed by atoms with E-state index in [2.05, 4.69) is 15.0 Å². The second-order valence-corrected chi connectivity index (χ2v) is 5.65. The summed E-state index contributed by atoms with van der Waals surface area (Å²) in [5, 5.41) is 2.81. The van der Waals surface area contributed by atoms with Crippen LogP contribution in [0.2, 0.25) is 0 Å². The molecule has 0 saturated carbocycles. The van der Waals surface area contributed by atoms with Crippen molar-refractivity contribution in [1.82, 2.24) is 9.71 Å². The summed E-state index contributed by atoms with van der Waals surface area (Å²) in [6, 6.07) is 2.94. The minimum absolute atomic E-state index is 0.0591. The van der Waals surface area contributed by atoms with Gasteiger partial charge in [-0.1, -0.05) is 13.3 Å². The van der Waals surface area contributed by atoms with E-state index in [1.54, 1.807) is 7.05 Å². The van der Waals surface area contributed by atoms with E-state index >= 15 is 0 Å².